The molecule has 0 aliphatic rings. The van der Waals surface area contributed by atoms with Crippen LogP contribution in [0, 0.1) is 0 Å². The average Bonchev–Trinajstić information content (AvgIpc) is 2.76. The van der Waals surface area contributed by atoms with E-state index < -0.39 is 11.6 Å². The quantitative estimate of drug-likeness (QED) is 0.136. The molecular weight excluding hydrogens is 510 g/mol. The lowest BCUT2D eigenvalue weighted by atomic mass is 9.85. The Kier molecular flexibility index (Phi) is 10.9. The molecule has 0 heterocycles. The molecule has 2 rings (SSSR count). The van der Waals surface area contributed by atoms with Crippen molar-refractivity contribution < 1.29 is 23.7 Å². The molecule has 6 nitrogen and oxygen atoms in total. The Labute approximate surface area is 218 Å². The molecule has 0 unspecified atom stereocenters. The molecule has 0 radical (unpaired) electrons. The summed E-state index contributed by atoms with van der Waals surface area (Å²) < 4.78 is 23.0. The Morgan fingerprint density at radius 3 is 2.34 bits per heavy atom. The van der Waals surface area contributed by atoms with Crippen LogP contribution < -0.4 is 4.74 Å². The summed E-state index contributed by atoms with van der Waals surface area (Å²) in [7, 11) is 1.62. The van der Waals surface area contributed by atoms with Crippen molar-refractivity contribution in [3.05, 3.63) is 63.6 Å². The number of rotatable bonds is 11. The van der Waals surface area contributed by atoms with Crippen molar-refractivity contribution in [1.29, 1.82) is 0 Å². The molecule has 0 aliphatic carbocycles. The van der Waals surface area contributed by atoms with E-state index in [1.165, 1.54) is 0 Å². The van der Waals surface area contributed by atoms with E-state index in [9.17, 15) is 4.79 Å². The Morgan fingerprint density at radius 2 is 1.74 bits per heavy atom. The summed E-state index contributed by atoms with van der Waals surface area (Å²) in [6.07, 6.45) is 1.85. The summed E-state index contributed by atoms with van der Waals surface area (Å²) in [4.78, 5) is 17.7. The molecule has 0 aromatic heterocycles. The molecule has 192 valence electrons. The van der Waals surface area contributed by atoms with Crippen molar-refractivity contribution >= 4 is 28.1 Å². The summed E-state index contributed by atoms with van der Waals surface area (Å²) in [6.45, 7) is 12.9. The van der Waals surface area contributed by atoms with Gasteiger partial charge in [-0.05, 0) is 65.4 Å². The van der Waals surface area contributed by atoms with Crippen molar-refractivity contribution in [3.8, 4) is 5.75 Å². The van der Waals surface area contributed by atoms with Crippen LogP contribution in [0.15, 0.2) is 51.9 Å². The first-order valence-electron chi connectivity index (χ1n) is 11.7. The number of halogens is 1. The SMILES string of the molecule is COCCOCOc1c(Br)cc(C(C)(C)C)cc1[C@H](CC(=O)OC(C)(C)C)N=Cc1ccccc1. The highest BCUT2D eigenvalue weighted by atomic mass is 79.9. The molecule has 2 aromatic rings. The van der Waals surface area contributed by atoms with Crippen LogP contribution in [0.5, 0.6) is 5.75 Å². The van der Waals surface area contributed by atoms with Crippen LogP contribution in [0.1, 0.15) is 70.7 Å². The lowest BCUT2D eigenvalue weighted by Crippen LogP contribution is -2.25. The van der Waals surface area contributed by atoms with Gasteiger partial charge in [-0.3, -0.25) is 9.79 Å². The Morgan fingerprint density at radius 1 is 1.06 bits per heavy atom. The first kappa shape index (κ1) is 29.0. The largest absolute Gasteiger partial charge is 0.466 e. The number of methoxy groups -OCH3 is 1. The van der Waals surface area contributed by atoms with E-state index in [4.69, 9.17) is 23.9 Å². The number of ether oxygens (including phenoxy) is 4. The summed E-state index contributed by atoms with van der Waals surface area (Å²) >= 11 is 3.68. The van der Waals surface area contributed by atoms with Gasteiger partial charge in [0.1, 0.15) is 11.4 Å². The van der Waals surface area contributed by atoms with Crippen molar-refractivity contribution in [3.63, 3.8) is 0 Å². The first-order valence-corrected chi connectivity index (χ1v) is 12.5. The second-order valence-electron chi connectivity index (χ2n) is 10.3. The van der Waals surface area contributed by atoms with Crippen LogP contribution in [0.25, 0.3) is 0 Å². The minimum Gasteiger partial charge on any atom is -0.466 e. The summed E-state index contributed by atoms with van der Waals surface area (Å²) in [5, 5.41) is 0. The number of esters is 1. The fourth-order valence-electron chi connectivity index (χ4n) is 3.25. The summed E-state index contributed by atoms with van der Waals surface area (Å²) in [5.74, 6) is 0.265. The molecule has 0 saturated heterocycles. The number of carbonyl (C=O) groups excluding carboxylic acids is 1. The molecule has 2 aromatic carbocycles. The predicted molar refractivity (Wildman–Crippen MR) is 143 cm³/mol. The molecule has 0 N–H and O–H groups in total. The van der Waals surface area contributed by atoms with Gasteiger partial charge in [0.05, 0.1) is 30.1 Å². The summed E-state index contributed by atoms with van der Waals surface area (Å²) in [6, 6.07) is 13.4. The maximum absolute atomic E-state index is 12.9. The molecule has 35 heavy (non-hydrogen) atoms. The van der Waals surface area contributed by atoms with Crippen LogP contribution in [0.3, 0.4) is 0 Å². The lowest BCUT2D eigenvalue weighted by molar-refractivity contribution is -0.155. The normalized spacial score (nSPS) is 13.1. The zero-order chi connectivity index (χ0) is 26.1. The van der Waals surface area contributed by atoms with Crippen molar-refractivity contribution in [2.45, 2.75) is 65.0 Å². The maximum Gasteiger partial charge on any atom is 0.308 e. The van der Waals surface area contributed by atoms with E-state index in [0.717, 1.165) is 21.2 Å². The molecule has 0 aliphatic heterocycles. The molecule has 0 amide bonds. The monoisotopic (exact) mass is 547 g/mol. The number of hydrogen-bond donors (Lipinski definition) is 0. The second kappa shape index (κ2) is 13.2. The number of aliphatic imine (C=N–C) groups is 1. The highest BCUT2D eigenvalue weighted by Gasteiger charge is 2.27. The van der Waals surface area contributed by atoms with Crippen molar-refractivity contribution in [1.82, 2.24) is 0 Å². The topological polar surface area (TPSA) is 66.4 Å². The molecule has 0 fully saturated rings. The number of hydrogen-bond acceptors (Lipinski definition) is 6. The Hall–Kier alpha value is -2.22. The molecule has 0 saturated carbocycles. The van der Waals surface area contributed by atoms with Crippen LogP contribution >= 0.6 is 15.9 Å². The second-order valence-corrected chi connectivity index (χ2v) is 11.1. The standard InChI is InChI=1S/C28H38BrNO5/c1-27(2,3)21-15-22(26(23(29)16-21)34-19-33-14-13-32-7)24(17-25(31)35-28(4,5)6)30-18-20-11-9-8-10-12-20/h8-12,15-16,18,24H,13-14,17,19H2,1-7H3/t24-/m0/s1. The van der Waals surface area contributed by atoms with Crippen LogP contribution in [-0.2, 0) is 24.4 Å². The fraction of sp³-hybridized carbons (Fsp3) is 0.500. The van der Waals surface area contributed by atoms with E-state index >= 15 is 0 Å². The molecular formula is C28H38BrNO5. The molecule has 0 spiro atoms. The maximum atomic E-state index is 12.9. The molecule has 1 atom stereocenters. The number of nitrogens with zero attached hydrogens (tertiary/aromatic N) is 1. The van der Waals surface area contributed by atoms with E-state index in [1.54, 1.807) is 13.3 Å². The minimum absolute atomic E-state index is 0.0470. The lowest BCUT2D eigenvalue weighted by Gasteiger charge is -2.26. The zero-order valence-corrected chi connectivity index (χ0v) is 23.5. The fourth-order valence-corrected chi connectivity index (χ4v) is 3.84. The van der Waals surface area contributed by atoms with Crippen LogP contribution in [0.2, 0.25) is 0 Å². The van der Waals surface area contributed by atoms with Gasteiger partial charge in [0.2, 0.25) is 0 Å². The predicted octanol–water partition coefficient (Wildman–Crippen LogP) is 6.64. The van der Waals surface area contributed by atoms with Gasteiger partial charge in [0.25, 0.3) is 0 Å². The minimum atomic E-state index is -0.590. The highest BCUT2D eigenvalue weighted by Crippen LogP contribution is 2.40. The average molecular weight is 549 g/mol. The third-order valence-corrected chi connectivity index (χ3v) is 5.59. The van der Waals surface area contributed by atoms with Gasteiger partial charge in [-0.25, -0.2) is 0 Å². The smallest absolute Gasteiger partial charge is 0.308 e. The van der Waals surface area contributed by atoms with Crippen molar-refractivity contribution in [2.24, 2.45) is 4.99 Å². The van der Waals surface area contributed by atoms with E-state index in [2.05, 4.69) is 42.8 Å². The number of benzene rings is 2. The Bertz CT molecular complexity index is 977. The van der Waals surface area contributed by atoms with Gasteiger partial charge in [-0.2, -0.15) is 0 Å². The zero-order valence-electron chi connectivity index (χ0n) is 21.9. The van der Waals surface area contributed by atoms with E-state index in [0.29, 0.717) is 19.0 Å². The van der Waals surface area contributed by atoms with E-state index in [-0.39, 0.29) is 24.6 Å². The Balaban J connectivity index is 2.50. The van der Waals surface area contributed by atoms with Gasteiger partial charge in [0.15, 0.2) is 6.79 Å². The third kappa shape index (κ3) is 10.1. The number of carbonyl (C=O) groups is 1. The van der Waals surface area contributed by atoms with Gasteiger partial charge < -0.3 is 18.9 Å². The van der Waals surface area contributed by atoms with Gasteiger partial charge in [-0.1, -0.05) is 51.1 Å². The summed E-state index contributed by atoms with van der Waals surface area (Å²) in [5.41, 5.74) is 2.12. The van der Waals surface area contributed by atoms with Crippen LogP contribution in [-0.4, -0.2) is 44.9 Å². The van der Waals surface area contributed by atoms with Gasteiger partial charge in [-0.15, -0.1) is 0 Å². The third-order valence-electron chi connectivity index (χ3n) is 5.00. The molecule has 7 heteroatoms. The first-order chi connectivity index (χ1) is 16.4. The van der Waals surface area contributed by atoms with Gasteiger partial charge in [0, 0.05) is 18.9 Å². The van der Waals surface area contributed by atoms with Gasteiger partial charge >= 0.3 is 5.97 Å². The van der Waals surface area contributed by atoms with Crippen molar-refractivity contribution in [2.75, 3.05) is 27.1 Å². The van der Waals surface area contributed by atoms with E-state index in [1.807, 2.05) is 57.2 Å². The molecule has 0 bridgehead atoms. The van der Waals surface area contributed by atoms with Crippen LogP contribution in [0.4, 0.5) is 0 Å². The highest BCUT2D eigenvalue weighted by molar-refractivity contribution is 9.10.